The zero-order valence-corrected chi connectivity index (χ0v) is 22.5. The van der Waals surface area contributed by atoms with Gasteiger partial charge in [-0.2, -0.15) is 0 Å². The Hall–Kier alpha value is -3.42. The van der Waals surface area contributed by atoms with Gasteiger partial charge in [-0.05, 0) is 72.4 Å². The average molecular weight is 524 g/mol. The first-order valence-electron chi connectivity index (χ1n) is 13.4. The van der Waals surface area contributed by atoms with Crippen LogP contribution in [0.4, 0.5) is 9.18 Å². The van der Waals surface area contributed by atoms with Gasteiger partial charge in [-0.3, -0.25) is 9.59 Å². The summed E-state index contributed by atoms with van der Waals surface area (Å²) in [5.74, 6) is -0.999. The first-order chi connectivity index (χ1) is 18.0. The third-order valence-corrected chi connectivity index (χ3v) is 8.14. The number of hydrogen-bond donors (Lipinski definition) is 2. The van der Waals surface area contributed by atoms with E-state index in [1.54, 1.807) is 18.2 Å². The van der Waals surface area contributed by atoms with Crippen molar-refractivity contribution in [3.8, 4) is 0 Å². The van der Waals surface area contributed by atoms with Gasteiger partial charge in [-0.1, -0.05) is 45.0 Å². The summed E-state index contributed by atoms with van der Waals surface area (Å²) in [6, 6.07) is 13.5. The summed E-state index contributed by atoms with van der Waals surface area (Å²) in [4.78, 5) is 40.6. The first-order valence-corrected chi connectivity index (χ1v) is 13.4. The highest BCUT2D eigenvalue weighted by Crippen LogP contribution is 2.47. The highest BCUT2D eigenvalue weighted by molar-refractivity contribution is 5.94. The van der Waals surface area contributed by atoms with Crippen LogP contribution in [0.2, 0.25) is 0 Å². The van der Waals surface area contributed by atoms with Crippen LogP contribution in [0.1, 0.15) is 74.4 Å². The van der Waals surface area contributed by atoms with Gasteiger partial charge in [0, 0.05) is 31.7 Å². The lowest BCUT2D eigenvalue weighted by Crippen LogP contribution is -2.50. The molecule has 0 bridgehead atoms. The average Bonchev–Trinajstić information content (AvgIpc) is 3.09. The van der Waals surface area contributed by atoms with Crippen LogP contribution < -0.4 is 5.32 Å². The monoisotopic (exact) mass is 523 g/mol. The Balaban J connectivity index is 1.51. The summed E-state index contributed by atoms with van der Waals surface area (Å²) in [7, 11) is 0. The molecule has 1 saturated heterocycles. The predicted octanol–water partition coefficient (Wildman–Crippen LogP) is 5.44. The van der Waals surface area contributed by atoms with Crippen molar-refractivity contribution in [2.24, 2.45) is 11.3 Å². The van der Waals surface area contributed by atoms with Crippen LogP contribution in [0.25, 0.3) is 0 Å². The lowest BCUT2D eigenvalue weighted by Gasteiger charge is -2.45. The summed E-state index contributed by atoms with van der Waals surface area (Å²) >= 11 is 0. The van der Waals surface area contributed by atoms with Gasteiger partial charge in [0.2, 0.25) is 0 Å². The van der Waals surface area contributed by atoms with Crippen molar-refractivity contribution >= 4 is 17.9 Å². The Kier molecular flexibility index (Phi) is 8.09. The van der Waals surface area contributed by atoms with Crippen LogP contribution in [0.5, 0.6) is 0 Å². The molecule has 204 valence electrons. The largest absolute Gasteiger partial charge is 0.481 e. The zero-order chi connectivity index (χ0) is 27.5. The van der Waals surface area contributed by atoms with Gasteiger partial charge in [-0.25, -0.2) is 9.18 Å². The number of urea groups is 1. The summed E-state index contributed by atoms with van der Waals surface area (Å²) in [6.07, 6.45) is 3.81. The number of rotatable bonds is 8. The number of hydrogen-bond acceptors (Lipinski definition) is 3. The van der Waals surface area contributed by atoms with Crippen molar-refractivity contribution in [1.82, 2.24) is 15.1 Å². The molecule has 2 aromatic rings. The van der Waals surface area contributed by atoms with Crippen molar-refractivity contribution < 1.29 is 23.9 Å². The molecule has 7 nitrogen and oxygen atoms in total. The fourth-order valence-corrected chi connectivity index (χ4v) is 5.87. The normalized spacial score (nSPS) is 21.7. The van der Waals surface area contributed by atoms with Gasteiger partial charge >= 0.3 is 12.0 Å². The van der Waals surface area contributed by atoms with Gasteiger partial charge in [0.1, 0.15) is 5.82 Å². The fraction of sp³-hybridized carbons (Fsp3) is 0.500. The van der Waals surface area contributed by atoms with Crippen LogP contribution in [0, 0.1) is 17.2 Å². The summed E-state index contributed by atoms with van der Waals surface area (Å²) in [5.41, 5.74) is 2.08. The molecule has 1 aliphatic heterocycles. The van der Waals surface area contributed by atoms with E-state index in [2.05, 4.69) is 26.1 Å². The molecular weight excluding hydrogens is 485 g/mol. The lowest BCUT2D eigenvalue weighted by molar-refractivity contribution is -0.136. The van der Waals surface area contributed by atoms with Crippen molar-refractivity contribution in [2.75, 3.05) is 13.1 Å². The topological polar surface area (TPSA) is 90.0 Å². The van der Waals surface area contributed by atoms with E-state index in [1.807, 2.05) is 28.0 Å². The van der Waals surface area contributed by atoms with Crippen molar-refractivity contribution in [3.05, 3.63) is 71.0 Å². The van der Waals surface area contributed by atoms with Crippen LogP contribution in [0.15, 0.2) is 48.5 Å². The minimum atomic E-state index is -0.965. The maximum atomic E-state index is 13.8. The number of benzene rings is 2. The highest BCUT2D eigenvalue weighted by atomic mass is 19.1. The molecule has 0 aromatic heterocycles. The molecule has 8 heteroatoms. The van der Waals surface area contributed by atoms with E-state index in [9.17, 15) is 18.8 Å². The molecule has 2 aliphatic rings. The molecule has 1 heterocycles. The number of amides is 3. The molecule has 1 aliphatic carbocycles. The molecule has 2 aromatic carbocycles. The second-order valence-corrected chi connectivity index (χ2v) is 11.8. The number of carboxylic acids is 1. The maximum absolute atomic E-state index is 13.8. The van der Waals surface area contributed by atoms with E-state index in [0.717, 1.165) is 36.8 Å². The van der Waals surface area contributed by atoms with Gasteiger partial charge in [0.25, 0.3) is 5.91 Å². The van der Waals surface area contributed by atoms with E-state index in [1.165, 1.54) is 12.1 Å². The molecule has 1 spiro atoms. The SMILES string of the molecule is CC(C)(C)C1CCC2(CC1)CN(Cc1cccc(F)c1)C(=O)N2Cc1ccc(C(=O)NCCC(=O)O)cc1. The second kappa shape index (κ2) is 11.1. The Morgan fingerprint density at radius 1 is 1.05 bits per heavy atom. The van der Waals surface area contributed by atoms with Gasteiger partial charge in [-0.15, -0.1) is 0 Å². The first kappa shape index (κ1) is 27.6. The van der Waals surface area contributed by atoms with Crippen molar-refractivity contribution in [3.63, 3.8) is 0 Å². The van der Waals surface area contributed by atoms with Crippen LogP contribution in [0.3, 0.4) is 0 Å². The number of carbonyl (C=O) groups excluding carboxylic acids is 2. The predicted molar refractivity (Wildman–Crippen MR) is 143 cm³/mol. The van der Waals surface area contributed by atoms with Gasteiger partial charge in [0.15, 0.2) is 0 Å². The van der Waals surface area contributed by atoms with Crippen LogP contribution in [-0.2, 0) is 17.9 Å². The number of carboxylic acid groups (broad SMARTS) is 1. The van der Waals surface area contributed by atoms with Crippen molar-refractivity contribution in [2.45, 2.75) is 71.5 Å². The quantitative estimate of drug-likeness (QED) is 0.482. The van der Waals surface area contributed by atoms with Crippen LogP contribution in [-0.4, -0.2) is 51.4 Å². The second-order valence-electron chi connectivity index (χ2n) is 11.8. The van der Waals surface area contributed by atoms with E-state index in [-0.39, 0.29) is 41.7 Å². The third-order valence-electron chi connectivity index (χ3n) is 8.14. The molecular formula is C30H38FN3O4. The number of nitrogens with one attached hydrogen (secondary N) is 1. The molecule has 38 heavy (non-hydrogen) atoms. The maximum Gasteiger partial charge on any atom is 0.321 e. The fourth-order valence-electron chi connectivity index (χ4n) is 5.87. The third kappa shape index (κ3) is 6.34. The Labute approximate surface area is 224 Å². The smallest absolute Gasteiger partial charge is 0.321 e. The Morgan fingerprint density at radius 3 is 2.34 bits per heavy atom. The molecule has 4 rings (SSSR count). The number of nitrogens with zero attached hydrogens (tertiary/aromatic N) is 2. The van der Waals surface area contributed by atoms with Gasteiger partial charge in [0.05, 0.1) is 12.0 Å². The number of carbonyl (C=O) groups is 3. The van der Waals surface area contributed by atoms with E-state index in [0.29, 0.717) is 31.1 Å². The zero-order valence-electron chi connectivity index (χ0n) is 22.5. The summed E-state index contributed by atoms with van der Waals surface area (Å²) in [6.45, 7) is 8.32. The van der Waals surface area contributed by atoms with E-state index < -0.39 is 5.97 Å². The molecule has 0 unspecified atom stereocenters. The minimum Gasteiger partial charge on any atom is -0.481 e. The summed E-state index contributed by atoms with van der Waals surface area (Å²) in [5, 5.41) is 11.4. The van der Waals surface area contributed by atoms with Crippen molar-refractivity contribution in [1.29, 1.82) is 0 Å². The molecule has 0 radical (unpaired) electrons. The Morgan fingerprint density at radius 2 is 1.74 bits per heavy atom. The summed E-state index contributed by atoms with van der Waals surface area (Å²) < 4.78 is 13.8. The highest BCUT2D eigenvalue weighted by Gasteiger charge is 2.51. The molecule has 2 N–H and O–H groups in total. The standard InChI is InChI=1S/C30H38FN3O4/c1-29(2,3)24-11-14-30(15-12-24)20-33(18-22-5-4-6-25(31)17-22)28(38)34(30)19-21-7-9-23(10-8-21)27(37)32-16-13-26(35)36/h4-10,17,24H,11-16,18-20H2,1-3H3,(H,32,37)(H,35,36). The lowest BCUT2D eigenvalue weighted by atomic mass is 9.67. The molecule has 3 amide bonds. The molecule has 2 fully saturated rings. The number of halogens is 1. The van der Waals surface area contributed by atoms with E-state index in [4.69, 9.17) is 5.11 Å². The number of aliphatic carboxylic acids is 1. The molecule has 0 atom stereocenters. The molecule has 1 saturated carbocycles. The van der Waals surface area contributed by atoms with Crippen LogP contribution >= 0.6 is 0 Å². The minimum absolute atomic E-state index is 0.0426. The van der Waals surface area contributed by atoms with E-state index >= 15 is 0 Å². The Bertz CT molecular complexity index is 1170. The van der Waals surface area contributed by atoms with Gasteiger partial charge < -0.3 is 20.2 Å².